The van der Waals surface area contributed by atoms with Gasteiger partial charge in [0.1, 0.15) is 11.2 Å². The fourth-order valence-electron chi connectivity index (χ4n) is 5.75. The van der Waals surface area contributed by atoms with E-state index >= 15 is 0 Å². The van der Waals surface area contributed by atoms with Crippen LogP contribution >= 0.6 is 0 Å². The maximum Gasteiger partial charge on any atom is 0.137 e. The first-order chi connectivity index (χ1) is 20.3. The summed E-state index contributed by atoms with van der Waals surface area (Å²) in [6.45, 7) is 0. The average Bonchev–Trinajstić information content (AvgIpc) is 3.84. The highest BCUT2D eigenvalue weighted by Gasteiger charge is 2.16. The van der Waals surface area contributed by atoms with E-state index in [1.807, 2.05) is 30.3 Å². The molecule has 0 fully saturated rings. The third kappa shape index (κ3) is 4.05. The predicted octanol–water partition coefficient (Wildman–Crippen LogP) is 9.96. The quantitative estimate of drug-likeness (QED) is 0.240. The molecule has 0 atom stereocenters. The Balaban J connectivity index is 1.58. The number of H-pyrrole nitrogens is 2. The number of rotatable bonds is 3. The third-order valence-corrected chi connectivity index (χ3v) is 7.64. The molecule has 0 aliphatic carbocycles. The van der Waals surface area contributed by atoms with E-state index in [9.17, 15) is 0 Å². The SMILES string of the molecule is C1=Cc2nc1c(-c1ccccc1)c1ccc(o1)c(-c1ccccc1)c1ccc([nH]1)c(-c1ccccc1)c1ccc2[nH]1. The summed E-state index contributed by atoms with van der Waals surface area (Å²) in [7, 11) is 0. The summed E-state index contributed by atoms with van der Waals surface area (Å²) >= 11 is 0. The zero-order chi connectivity index (χ0) is 27.2. The summed E-state index contributed by atoms with van der Waals surface area (Å²) in [5, 5.41) is 0. The maximum absolute atomic E-state index is 6.72. The van der Waals surface area contributed by atoms with Gasteiger partial charge in [0.25, 0.3) is 0 Å². The third-order valence-electron chi connectivity index (χ3n) is 7.64. The van der Waals surface area contributed by atoms with Crippen molar-refractivity contribution in [3.8, 4) is 33.4 Å². The summed E-state index contributed by atoms with van der Waals surface area (Å²) in [4.78, 5) is 12.5. The Hall–Kier alpha value is -5.61. The molecule has 8 bridgehead atoms. The molecule has 3 aromatic carbocycles. The van der Waals surface area contributed by atoms with E-state index in [1.165, 1.54) is 0 Å². The van der Waals surface area contributed by atoms with Gasteiger partial charge in [-0.15, -0.1) is 0 Å². The van der Waals surface area contributed by atoms with Crippen LogP contribution in [0.25, 0.3) is 78.8 Å². The Morgan fingerprint density at radius 1 is 0.390 bits per heavy atom. The van der Waals surface area contributed by atoms with Crippen LogP contribution in [0.2, 0.25) is 0 Å². The predicted molar refractivity (Wildman–Crippen MR) is 169 cm³/mol. The molecule has 0 saturated heterocycles. The Morgan fingerprint density at radius 3 is 1.44 bits per heavy atom. The van der Waals surface area contributed by atoms with E-state index in [0.29, 0.717) is 0 Å². The van der Waals surface area contributed by atoms with Crippen LogP contribution in [0.4, 0.5) is 0 Å². The normalized spacial score (nSPS) is 11.8. The lowest BCUT2D eigenvalue weighted by Gasteiger charge is -2.04. The number of nitrogens with zero attached hydrogens (tertiary/aromatic N) is 1. The van der Waals surface area contributed by atoms with E-state index in [2.05, 4.69) is 119 Å². The topological polar surface area (TPSA) is 57.6 Å². The number of benzene rings is 3. The number of aromatic amines is 2. The summed E-state index contributed by atoms with van der Waals surface area (Å²) in [6, 6.07) is 43.9. The van der Waals surface area contributed by atoms with Gasteiger partial charge in [0, 0.05) is 22.2 Å². The van der Waals surface area contributed by atoms with Gasteiger partial charge >= 0.3 is 0 Å². The van der Waals surface area contributed by atoms with E-state index < -0.39 is 0 Å². The second kappa shape index (κ2) is 9.54. The number of furan rings is 1. The molecule has 0 spiro atoms. The molecule has 1 aliphatic rings. The van der Waals surface area contributed by atoms with Crippen molar-refractivity contribution >= 4 is 45.4 Å². The second-order valence-electron chi connectivity index (χ2n) is 10.2. The van der Waals surface area contributed by atoms with Gasteiger partial charge in [-0.25, -0.2) is 4.98 Å². The number of nitrogens with one attached hydrogen (secondary N) is 2. The van der Waals surface area contributed by atoms with Crippen molar-refractivity contribution in [2.45, 2.75) is 0 Å². The van der Waals surface area contributed by atoms with Crippen molar-refractivity contribution in [3.05, 3.63) is 139 Å². The molecule has 0 amide bonds. The van der Waals surface area contributed by atoms with Crippen LogP contribution in [-0.4, -0.2) is 15.0 Å². The van der Waals surface area contributed by atoms with Crippen LogP contribution in [0.3, 0.4) is 0 Å². The van der Waals surface area contributed by atoms with Crippen molar-refractivity contribution in [3.63, 3.8) is 0 Å². The fourth-order valence-corrected chi connectivity index (χ4v) is 5.75. The lowest BCUT2D eigenvalue weighted by atomic mass is 10.0. The zero-order valence-corrected chi connectivity index (χ0v) is 22.1. The Kier molecular flexibility index (Phi) is 5.42. The minimum Gasteiger partial charge on any atom is -0.456 e. The zero-order valence-electron chi connectivity index (χ0n) is 22.1. The van der Waals surface area contributed by atoms with Gasteiger partial charge in [0.05, 0.1) is 28.0 Å². The molecule has 8 rings (SSSR count). The molecule has 5 heterocycles. The number of hydrogen-bond acceptors (Lipinski definition) is 2. The van der Waals surface area contributed by atoms with E-state index in [4.69, 9.17) is 9.40 Å². The summed E-state index contributed by atoms with van der Waals surface area (Å²) in [5.74, 6) is 0. The number of fused-ring (bicyclic) bond motifs is 9. The summed E-state index contributed by atoms with van der Waals surface area (Å²) < 4.78 is 6.72. The monoisotopic (exact) mass is 527 g/mol. The highest BCUT2D eigenvalue weighted by atomic mass is 16.3. The molecule has 1 aliphatic heterocycles. The van der Waals surface area contributed by atoms with E-state index in [1.54, 1.807) is 0 Å². The summed E-state index contributed by atoms with van der Waals surface area (Å²) in [6.07, 6.45) is 4.15. The van der Waals surface area contributed by atoms with Gasteiger partial charge in [-0.3, -0.25) is 0 Å². The highest BCUT2D eigenvalue weighted by Crippen LogP contribution is 2.36. The molecule has 4 heteroatoms. The first-order valence-corrected chi connectivity index (χ1v) is 13.7. The first kappa shape index (κ1) is 23.3. The van der Waals surface area contributed by atoms with Gasteiger partial charge in [0.15, 0.2) is 0 Å². The van der Waals surface area contributed by atoms with E-state index in [0.717, 1.165) is 78.0 Å². The molecule has 7 aromatic rings. The van der Waals surface area contributed by atoms with Crippen LogP contribution in [0.5, 0.6) is 0 Å². The van der Waals surface area contributed by atoms with Gasteiger partial charge in [-0.1, -0.05) is 91.0 Å². The lowest BCUT2D eigenvalue weighted by molar-refractivity contribution is 0.668. The van der Waals surface area contributed by atoms with Crippen molar-refractivity contribution in [1.29, 1.82) is 0 Å². The van der Waals surface area contributed by atoms with Gasteiger partial charge in [-0.05, 0) is 65.2 Å². The fraction of sp³-hybridized carbons (Fsp3) is 0. The van der Waals surface area contributed by atoms with Crippen LogP contribution in [0, 0.1) is 0 Å². The van der Waals surface area contributed by atoms with Crippen LogP contribution in [0.1, 0.15) is 11.4 Å². The summed E-state index contributed by atoms with van der Waals surface area (Å²) in [5.41, 5.74) is 13.6. The van der Waals surface area contributed by atoms with Crippen LogP contribution in [0.15, 0.2) is 132 Å². The largest absolute Gasteiger partial charge is 0.456 e. The van der Waals surface area contributed by atoms with Crippen LogP contribution < -0.4 is 0 Å². The van der Waals surface area contributed by atoms with E-state index in [-0.39, 0.29) is 0 Å². The molecule has 0 unspecified atom stereocenters. The average molecular weight is 528 g/mol. The molecule has 0 saturated carbocycles. The number of hydrogen-bond donors (Lipinski definition) is 2. The lowest BCUT2D eigenvalue weighted by Crippen LogP contribution is -1.84. The molecular formula is C37H25N3O. The first-order valence-electron chi connectivity index (χ1n) is 13.7. The molecule has 194 valence electrons. The van der Waals surface area contributed by atoms with Crippen molar-refractivity contribution in [1.82, 2.24) is 15.0 Å². The second-order valence-corrected chi connectivity index (χ2v) is 10.2. The van der Waals surface area contributed by atoms with Crippen molar-refractivity contribution < 1.29 is 4.42 Å². The van der Waals surface area contributed by atoms with Gasteiger partial charge in [-0.2, -0.15) is 0 Å². The minimum atomic E-state index is 0.773. The Labute approximate surface area is 236 Å². The number of aromatic nitrogens is 3. The minimum absolute atomic E-state index is 0.773. The molecule has 0 radical (unpaired) electrons. The standard InChI is InChI=1S/C37H25N3O/c1-4-10-24(11-5-1)35-29-18-16-27(38-29)28-17-19-31(39-28)36(25-12-6-2-7-13-25)33-22-23-34(41-33)37(26-14-8-3-9-15-26)32-21-20-30(35)40-32/h1-23,38,40H. The molecular weight excluding hydrogens is 502 g/mol. The Bertz CT molecular complexity index is 2180. The van der Waals surface area contributed by atoms with Crippen molar-refractivity contribution in [2.75, 3.05) is 0 Å². The Morgan fingerprint density at radius 2 is 0.829 bits per heavy atom. The van der Waals surface area contributed by atoms with Crippen molar-refractivity contribution in [2.24, 2.45) is 0 Å². The van der Waals surface area contributed by atoms with Crippen LogP contribution in [-0.2, 0) is 0 Å². The molecule has 2 N–H and O–H groups in total. The molecule has 41 heavy (non-hydrogen) atoms. The molecule has 4 nitrogen and oxygen atoms in total. The van der Waals surface area contributed by atoms with Gasteiger partial charge in [0.2, 0.25) is 0 Å². The molecule has 4 aromatic heterocycles. The highest BCUT2D eigenvalue weighted by molar-refractivity contribution is 5.99. The smallest absolute Gasteiger partial charge is 0.137 e. The maximum atomic E-state index is 6.72. The van der Waals surface area contributed by atoms with Gasteiger partial charge < -0.3 is 14.4 Å².